The Morgan fingerprint density at radius 2 is 1.95 bits per heavy atom. The molecule has 0 saturated heterocycles. The molecule has 1 amide bonds. The topological polar surface area (TPSA) is 59.1 Å². The molecule has 0 atom stereocenters. The Labute approximate surface area is 117 Å². The molecule has 1 N–H and O–H groups in total. The highest BCUT2D eigenvalue weighted by Gasteiger charge is 2.05. The zero-order chi connectivity index (χ0) is 14.4. The molecule has 0 aliphatic heterocycles. The fourth-order valence-electron chi connectivity index (χ4n) is 1.92. The summed E-state index contributed by atoms with van der Waals surface area (Å²) < 4.78 is 0. The maximum absolute atomic E-state index is 11.5. The molecule has 0 bridgehead atoms. The predicted octanol–water partition coefficient (Wildman–Crippen LogP) is 2.24. The van der Waals surface area contributed by atoms with E-state index in [1.807, 2.05) is 30.3 Å². The number of carbonyl (C=O) groups excluding carboxylic acids is 2. The summed E-state index contributed by atoms with van der Waals surface area (Å²) in [6.45, 7) is 0. The van der Waals surface area contributed by atoms with Gasteiger partial charge in [0.15, 0.2) is 0 Å². The van der Waals surface area contributed by atoms with Crippen LogP contribution in [-0.4, -0.2) is 24.2 Å². The van der Waals surface area contributed by atoms with E-state index in [1.54, 1.807) is 19.2 Å². The minimum Gasteiger partial charge on any atom is -0.355 e. The number of aldehydes is 1. The van der Waals surface area contributed by atoms with Gasteiger partial charge in [0.05, 0.1) is 5.69 Å². The highest BCUT2D eigenvalue weighted by atomic mass is 16.1. The molecule has 0 saturated carbocycles. The first-order valence-corrected chi connectivity index (χ1v) is 6.46. The van der Waals surface area contributed by atoms with Crippen LogP contribution in [0.1, 0.15) is 22.5 Å². The zero-order valence-electron chi connectivity index (χ0n) is 11.3. The Morgan fingerprint density at radius 3 is 2.60 bits per heavy atom. The average molecular weight is 268 g/mol. The van der Waals surface area contributed by atoms with Crippen LogP contribution in [0.2, 0.25) is 0 Å². The molecular formula is C16H16N2O2. The van der Waals surface area contributed by atoms with E-state index in [4.69, 9.17) is 0 Å². The lowest BCUT2D eigenvalue weighted by Gasteiger charge is -2.05. The van der Waals surface area contributed by atoms with Gasteiger partial charge >= 0.3 is 0 Å². The molecule has 1 aromatic heterocycles. The van der Waals surface area contributed by atoms with Crippen LogP contribution in [0.25, 0.3) is 11.3 Å². The standard InChI is InChI=1S/C16H16N2O2/c1-17-16(20)13-9-7-12(8-10-13)15-6-2-4-14(18-15)5-3-11-19/h2,4,6-11H,3,5H2,1H3,(H,17,20). The molecule has 102 valence electrons. The SMILES string of the molecule is CNC(=O)c1ccc(-c2cccc(CCC=O)n2)cc1. The van der Waals surface area contributed by atoms with Crippen molar-refractivity contribution in [2.45, 2.75) is 12.8 Å². The summed E-state index contributed by atoms with van der Waals surface area (Å²) in [5.74, 6) is -0.107. The molecule has 4 nitrogen and oxygen atoms in total. The Balaban J connectivity index is 2.22. The van der Waals surface area contributed by atoms with Gasteiger partial charge < -0.3 is 10.1 Å². The van der Waals surface area contributed by atoms with E-state index in [-0.39, 0.29) is 5.91 Å². The maximum Gasteiger partial charge on any atom is 0.251 e. The Morgan fingerprint density at radius 1 is 1.20 bits per heavy atom. The van der Waals surface area contributed by atoms with Gasteiger partial charge in [-0.05, 0) is 30.7 Å². The van der Waals surface area contributed by atoms with Gasteiger partial charge in [0, 0.05) is 30.3 Å². The van der Waals surface area contributed by atoms with Gasteiger partial charge in [0.2, 0.25) is 0 Å². The molecule has 0 aliphatic rings. The number of nitrogens with one attached hydrogen (secondary N) is 1. The molecule has 0 aliphatic carbocycles. The maximum atomic E-state index is 11.5. The van der Waals surface area contributed by atoms with Crippen molar-refractivity contribution in [3.05, 3.63) is 53.7 Å². The Hall–Kier alpha value is -2.49. The van der Waals surface area contributed by atoms with E-state index < -0.39 is 0 Å². The third kappa shape index (κ3) is 3.29. The summed E-state index contributed by atoms with van der Waals surface area (Å²) in [7, 11) is 1.61. The zero-order valence-corrected chi connectivity index (χ0v) is 11.3. The lowest BCUT2D eigenvalue weighted by Crippen LogP contribution is -2.17. The lowest BCUT2D eigenvalue weighted by molar-refractivity contribution is -0.107. The minimum absolute atomic E-state index is 0.107. The number of benzene rings is 1. The molecule has 4 heteroatoms. The fourth-order valence-corrected chi connectivity index (χ4v) is 1.92. The van der Waals surface area contributed by atoms with E-state index in [1.165, 1.54) is 0 Å². The van der Waals surface area contributed by atoms with Crippen LogP contribution in [0, 0.1) is 0 Å². The van der Waals surface area contributed by atoms with Crippen LogP contribution < -0.4 is 5.32 Å². The number of aryl methyl sites for hydroxylation is 1. The van der Waals surface area contributed by atoms with E-state index in [2.05, 4.69) is 10.3 Å². The summed E-state index contributed by atoms with van der Waals surface area (Å²) in [6, 6.07) is 13.0. The number of aromatic nitrogens is 1. The molecule has 0 radical (unpaired) electrons. The van der Waals surface area contributed by atoms with Gasteiger partial charge in [0.25, 0.3) is 5.91 Å². The minimum atomic E-state index is -0.107. The van der Waals surface area contributed by atoms with E-state index in [0.717, 1.165) is 23.2 Å². The van der Waals surface area contributed by atoms with E-state index >= 15 is 0 Å². The van der Waals surface area contributed by atoms with Crippen molar-refractivity contribution >= 4 is 12.2 Å². The normalized spacial score (nSPS) is 10.1. The highest BCUT2D eigenvalue weighted by Crippen LogP contribution is 2.18. The number of nitrogens with zero attached hydrogens (tertiary/aromatic N) is 1. The van der Waals surface area contributed by atoms with Crippen molar-refractivity contribution in [1.82, 2.24) is 10.3 Å². The van der Waals surface area contributed by atoms with Crippen LogP contribution in [0.5, 0.6) is 0 Å². The number of rotatable bonds is 5. The van der Waals surface area contributed by atoms with Crippen molar-refractivity contribution in [2.75, 3.05) is 7.05 Å². The van der Waals surface area contributed by atoms with Crippen molar-refractivity contribution in [2.24, 2.45) is 0 Å². The van der Waals surface area contributed by atoms with Gasteiger partial charge in [-0.3, -0.25) is 9.78 Å². The second kappa shape index (κ2) is 6.61. The third-order valence-electron chi connectivity index (χ3n) is 3.00. The van der Waals surface area contributed by atoms with Crippen molar-refractivity contribution in [3.8, 4) is 11.3 Å². The summed E-state index contributed by atoms with van der Waals surface area (Å²) >= 11 is 0. The molecule has 20 heavy (non-hydrogen) atoms. The summed E-state index contributed by atoms with van der Waals surface area (Å²) in [6.07, 6.45) is 2.02. The number of amides is 1. The van der Waals surface area contributed by atoms with Gasteiger partial charge in [-0.2, -0.15) is 0 Å². The number of pyridine rings is 1. The lowest BCUT2D eigenvalue weighted by atomic mass is 10.1. The monoisotopic (exact) mass is 268 g/mol. The number of carbonyl (C=O) groups is 2. The first kappa shape index (κ1) is 13.9. The quantitative estimate of drug-likeness (QED) is 0.846. The number of hydrogen-bond donors (Lipinski definition) is 1. The molecule has 2 aromatic rings. The van der Waals surface area contributed by atoms with Crippen molar-refractivity contribution in [1.29, 1.82) is 0 Å². The molecule has 0 fully saturated rings. The fraction of sp³-hybridized carbons (Fsp3) is 0.188. The summed E-state index contributed by atoms with van der Waals surface area (Å²) in [5.41, 5.74) is 3.31. The predicted molar refractivity (Wildman–Crippen MR) is 77.4 cm³/mol. The largest absolute Gasteiger partial charge is 0.355 e. The smallest absolute Gasteiger partial charge is 0.251 e. The van der Waals surface area contributed by atoms with Crippen LogP contribution in [0.3, 0.4) is 0 Å². The van der Waals surface area contributed by atoms with Gasteiger partial charge in [-0.25, -0.2) is 0 Å². The first-order chi connectivity index (χ1) is 9.74. The first-order valence-electron chi connectivity index (χ1n) is 6.46. The molecule has 0 unspecified atom stereocenters. The molecule has 0 spiro atoms. The summed E-state index contributed by atoms with van der Waals surface area (Å²) in [5, 5.41) is 2.59. The van der Waals surface area contributed by atoms with Gasteiger partial charge in [-0.15, -0.1) is 0 Å². The van der Waals surface area contributed by atoms with Crippen LogP contribution in [0.15, 0.2) is 42.5 Å². The third-order valence-corrected chi connectivity index (χ3v) is 3.00. The molecule has 2 rings (SSSR count). The van der Waals surface area contributed by atoms with Gasteiger partial charge in [-0.1, -0.05) is 18.2 Å². The number of hydrogen-bond acceptors (Lipinski definition) is 3. The second-order valence-electron chi connectivity index (χ2n) is 4.38. The van der Waals surface area contributed by atoms with E-state index in [0.29, 0.717) is 18.4 Å². The molecular weight excluding hydrogens is 252 g/mol. The second-order valence-corrected chi connectivity index (χ2v) is 4.38. The highest BCUT2D eigenvalue weighted by molar-refractivity contribution is 5.94. The van der Waals surface area contributed by atoms with Crippen LogP contribution >= 0.6 is 0 Å². The Bertz CT molecular complexity index is 606. The van der Waals surface area contributed by atoms with E-state index in [9.17, 15) is 9.59 Å². The van der Waals surface area contributed by atoms with Gasteiger partial charge in [0.1, 0.15) is 6.29 Å². The van der Waals surface area contributed by atoms with Crippen LogP contribution in [-0.2, 0) is 11.2 Å². The van der Waals surface area contributed by atoms with Crippen molar-refractivity contribution in [3.63, 3.8) is 0 Å². The summed E-state index contributed by atoms with van der Waals surface area (Å²) in [4.78, 5) is 26.4. The molecule has 1 heterocycles. The van der Waals surface area contributed by atoms with Crippen LogP contribution in [0.4, 0.5) is 0 Å². The van der Waals surface area contributed by atoms with Crippen molar-refractivity contribution < 1.29 is 9.59 Å². The molecule has 1 aromatic carbocycles. The Kier molecular flexibility index (Phi) is 4.60. The average Bonchev–Trinajstić information content (AvgIpc) is 2.52.